The fourth-order valence-corrected chi connectivity index (χ4v) is 0.448. The molecule has 0 aliphatic heterocycles. The van der Waals surface area contributed by atoms with E-state index in [2.05, 4.69) is 6.08 Å². The third-order valence-corrected chi connectivity index (χ3v) is 0.755. The zero-order chi connectivity index (χ0) is 7.11. The van der Waals surface area contributed by atoms with E-state index in [1.807, 2.05) is 13.8 Å². The van der Waals surface area contributed by atoms with Crippen molar-refractivity contribution in [3.05, 3.63) is 12.0 Å². The zero-order valence-electron chi connectivity index (χ0n) is 6.23. The van der Waals surface area contributed by atoms with Crippen LogP contribution in [0.5, 0.6) is 0 Å². The van der Waals surface area contributed by atoms with Gasteiger partial charge in [0.1, 0.15) is 0 Å². The molecule has 0 aromatic heterocycles. The minimum Gasteiger partial charge on any atom is -0.466 e. The second-order valence-electron chi connectivity index (χ2n) is 1.40. The van der Waals surface area contributed by atoms with Crippen molar-refractivity contribution >= 4 is 0 Å². The summed E-state index contributed by atoms with van der Waals surface area (Å²) >= 11 is 0. The molecule has 53 valence electrons. The number of allylic oxidation sites excluding steroid dienone is 1. The van der Waals surface area contributed by atoms with Crippen LogP contribution in [0.1, 0.15) is 20.8 Å². The Morgan fingerprint density at radius 3 is 1.89 bits per heavy atom. The molecule has 0 rings (SSSR count). The van der Waals surface area contributed by atoms with Crippen LogP contribution in [0.2, 0.25) is 0 Å². The van der Waals surface area contributed by atoms with Gasteiger partial charge in [-0.05, 0) is 20.8 Å². The van der Waals surface area contributed by atoms with Gasteiger partial charge in [-0.3, -0.25) is 0 Å². The Balaban J connectivity index is 3.43. The van der Waals surface area contributed by atoms with Gasteiger partial charge in [0, 0.05) is 6.08 Å². The summed E-state index contributed by atoms with van der Waals surface area (Å²) in [5.74, 6) is 0.500. The molecular weight excluding hydrogens is 116 g/mol. The quantitative estimate of drug-likeness (QED) is 0.538. The summed E-state index contributed by atoms with van der Waals surface area (Å²) in [7, 11) is 0. The van der Waals surface area contributed by atoms with Crippen LogP contribution in [0.15, 0.2) is 5.95 Å². The van der Waals surface area contributed by atoms with E-state index >= 15 is 0 Å². The van der Waals surface area contributed by atoms with Crippen LogP contribution in [-0.4, -0.2) is 13.2 Å². The van der Waals surface area contributed by atoms with Crippen LogP contribution in [0.4, 0.5) is 0 Å². The Bertz CT molecular complexity index is 78.9. The standard InChI is InChI=1S/C7H13O2/c1-4-7(8-5-2)9-6-3/h5-6H2,1-3H3. The van der Waals surface area contributed by atoms with Gasteiger partial charge in [-0.1, -0.05) is 0 Å². The van der Waals surface area contributed by atoms with Crippen LogP contribution in [0, 0.1) is 6.08 Å². The molecule has 0 aromatic rings. The molecule has 0 saturated carbocycles. The lowest BCUT2D eigenvalue weighted by molar-refractivity contribution is 0.0441. The van der Waals surface area contributed by atoms with Gasteiger partial charge < -0.3 is 9.47 Å². The van der Waals surface area contributed by atoms with E-state index in [0.717, 1.165) is 0 Å². The van der Waals surface area contributed by atoms with E-state index in [0.29, 0.717) is 19.2 Å². The van der Waals surface area contributed by atoms with Crippen molar-refractivity contribution in [1.29, 1.82) is 0 Å². The Labute approximate surface area is 56.5 Å². The minimum absolute atomic E-state index is 0.500. The lowest BCUT2D eigenvalue weighted by Crippen LogP contribution is -1.96. The van der Waals surface area contributed by atoms with Crippen molar-refractivity contribution in [2.75, 3.05) is 13.2 Å². The Kier molecular flexibility index (Phi) is 5.07. The van der Waals surface area contributed by atoms with Gasteiger partial charge in [0.2, 0.25) is 0 Å². The summed E-state index contributed by atoms with van der Waals surface area (Å²) in [5, 5.41) is 0. The number of rotatable bonds is 4. The zero-order valence-corrected chi connectivity index (χ0v) is 6.23. The number of hydrogen-bond acceptors (Lipinski definition) is 2. The molecule has 0 spiro atoms. The van der Waals surface area contributed by atoms with Crippen LogP contribution < -0.4 is 0 Å². The van der Waals surface area contributed by atoms with Crippen molar-refractivity contribution < 1.29 is 9.47 Å². The maximum Gasteiger partial charge on any atom is 0.282 e. The molecule has 0 saturated heterocycles. The van der Waals surface area contributed by atoms with Gasteiger partial charge in [-0.15, -0.1) is 0 Å². The number of ether oxygens (including phenoxy) is 2. The normalized spacial score (nSPS) is 8.33. The van der Waals surface area contributed by atoms with Gasteiger partial charge in [-0.2, -0.15) is 0 Å². The second kappa shape index (κ2) is 5.48. The third-order valence-electron chi connectivity index (χ3n) is 0.755. The lowest BCUT2D eigenvalue weighted by Gasteiger charge is -2.06. The highest BCUT2D eigenvalue weighted by atomic mass is 16.7. The maximum atomic E-state index is 5.01. The second-order valence-corrected chi connectivity index (χ2v) is 1.40. The molecule has 0 aliphatic rings. The molecular formula is C7H13O2. The number of hydrogen-bond donors (Lipinski definition) is 0. The Hall–Kier alpha value is -0.660. The fourth-order valence-electron chi connectivity index (χ4n) is 0.448. The molecule has 0 fully saturated rings. The molecule has 0 aromatic carbocycles. The summed E-state index contributed by atoms with van der Waals surface area (Å²) in [5.41, 5.74) is 0. The van der Waals surface area contributed by atoms with Crippen molar-refractivity contribution in [3.8, 4) is 0 Å². The topological polar surface area (TPSA) is 18.5 Å². The predicted octanol–water partition coefficient (Wildman–Crippen LogP) is 1.72. The van der Waals surface area contributed by atoms with E-state index in [9.17, 15) is 0 Å². The van der Waals surface area contributed by atoms with Crippen molar-refractivity contribution in [1.82, 2.24) is 0 Å². The van der Waals surface area contributed by atoms with E-state index in [4.69, 9.17) is 9.47 Å². The van der Waals surface area contributed by atoms with Crippen molar-refractivity contribution in [2.45, 2.75) is 20.8 Å². The van der Waals surface area contributed by atoms with Gasteiger partial charge in [-0.25, -0.2) is 0 Å². The first kappa shape index (κ1) is 8.34. The first-order valence-corrected chi connectivity index (χ1v) is 3.15. The SMILES string of the molecule is C[C]=C(OCC)OCC. The molecule has 2 nitrogen and oxygen atoms in total. The largest absolute Gasteiger partial charge is 0.466 e. The molecule has 0 aliphatic carbocycles. The van der Waals surface area contributed by atoms with Crippen LogP contribution in [0.25, 0.3) is 0 Å². The molecule has 0 amide bonds. The van der Waals surface area contributed by atoms with Gasteiger partial charge in [0.05, 0.1) is 13.2 Å². The first-order valence-electron chi connectivity index (χ1n) is 3.15. The molecule has 1 radical (unpaired) electrons. The van der Waals surface area contributed by atoms with Crippen LogP contribution >= 0.6 is 0 Å². The van der Waals surface area contributed by atoms with Gasteiger partial charge in [0.15, 0.2) is 0 Å². The Morgan fingerprint density at radius 2 is 1.67 bits per heavy atom. The van der Waals surface area contributed by atoms with E-state index < -0.39 is 0 Å². The summed E-state index contributed by atoms with van der Waals surface area (Å²) in [6.07, 6.45) is 2.78. The molecule has 0 heterocycles. The van der Waals surface area contributed by atoms with Crippen LogP contribution in [-0.2, 0) is 9.47 Å². The molecule has 0 atom stereocenters. The summed E-state index contributed by atoms with van der Waals surface area (Å²) < 4.78 is 10.0. The average Bonchev–Trinajstić information content (AvgIpc) is 1.88. The maximum absolute atomic E-state index is 5.01. The highest BCUT2D eigenvalue weighted by molar-refractivity contribution is 4.70. The lowest BCUT2D eigenvalue weighted by atomic mass is 10.7. The first-order chi connectivity index (χ1) is 4.35. The third kappa shape index (κ3) is 3.88. The van der Waals surface area contributed by atoms with E-state index in [1.165, 1.54) is 0 Å². The predicted molar refractivity (Wildman–Crippen MR) is 35.7 cm³/mol. The van der Waals surface area contributed by atoms with E-state index in [-0.39, 0.29) is 0 Å². The fraction of sp³-hybridized carbons (Fsp3) is 0.714. The summed E-state index contributed by atoms with van der Waals surface area (Å²) in [4.78, 5) is 0. The van der Waals surface area contributed by atoms with Crippen molar-refractivity contribution in [2.24, 2.45) is 0 Å². The minimum atomic E-state index is 0.500. The molecule has 0 unspecified atom stereocenters. The molecule has 2 heteroatoms. The summed E-state index contributed by atoms with van der Waals surface area (Å²) in [6, 6.07) is 0. The monoisotopic (exact) mass is 129 g/mol. The Morgan fingerprint density at radius 1 is 1.22 bits per heavy atom. The van der Waals surface area contributed by atoms with E-state index in [1.54, 1.807) is 6.92 Å². The smallest absolute Gasteiger partial charge is 0.282 e. The average molecular weight is 129 g/mol. The molecule has 0 bridgehead atoms. The van der Waals surface area contributed by atoms with Gasteiger partial charge in [0.25, 0.3) is 5.95 Å². The van der Waals surface area contributed by atoms with Crippen molar-refractivity contribution in [3.63, 3.8) is 0 Å². The highest BCUT2D eigenvalue weighted by Gasteiger charge is 1.91. The van der Waals surface area contributed by atoms with Gasteiger partial charge >= 0.3 is 0 Å². The highest BCUT2D eigenvalue weighted by Crippen LogP contribution is 1.96. The summed E-state index contributed by atoms with van der Waals surface area (Å²) in [6.45, 7) is 6.86. The molecule has 9 heavy (non-hydrogen) atoms. The molecule has 0 N–H and O–H groups in total. The van der Waals surface area contributed by atoms with Crippen LogP contribution in [0.3, 0.4) is 0 Å².